The van der Waals surface area contributed by atoms with Crippen molar-refractivity contribution in [1.82, 2.24) is 5.32 Å². The smallest absolute Gasteiger partial charge is 0.249 e. The van der Waals surface area contributed by atoms with Crippen molar-refractivity contribution in [3.05, 3.63) is 82.7 Å². The zero-order valence-corrected chi connectivity index (χ0v) is 17.1. The number of aliphatic imine (C=N–C) groups is 2. The third-order valence-corrected chi connectivity index (χ3v) is 4.20. The first-order chi connectivity index (χ1) is 13.9. The number of benzene rings is 2. The van der Waals surface area contributed by atoms with E-state index in [2.05, 4.69) is 27.3 Å². The van der Waals surface area contributed by atoms with E-state index in [1.165, 1.54) is 0 Å². The third kappa shape index (κ3) is 6.46. The Bertz CT molecular complexity index is 958. The third-order valence-electron chi connectivity index (χ3n) is 4.20. The lowest BCUT2D eigenvalue weighted by Crippen LogP contribution is -2.20. The van der Waals surface area contributed by atoms with Gasteiger partial charge in [-0.25, -0.2) is 0 Å². The molecule has 4 N–H and O–H groups in total. The second-order valence-corrected chi connectivity index (χ2v) is 6.46. The number of rotatable bonds is 8. The largest absolute Gasteiger partial charge is 0.388 e. The van der Waals surface area contributed by atoms with E-state index in [1.807, 2.05) is 62.4 Å². The highest BCUT2D eigenvalue weighted by Crippen LogP contribution is 2.22. The van der Waals surface area contributed by atoms with Crippen molar-refractivity contribution < 1.29 is 4.79 Å². The summed E-state index contributed by atoms with van der Waals surface area (Å²) in [6.45, 7) is 7.84. The van der Waals surface area contributed by atoms with Gasteiger partial charge < -0.3 is 16.4 Å². The monoisotopic (exact) mass is 389 g/mol. The summed E-state index contributed by atoms with van der Waals surface area (Å²) in [6.07, 6.45) is 3.70. The van der Waals surface area contributed by atoms with Crippen molar-refractivity contribution in [3.63, 3.8) is 0 Å². The molecule has 0 saturated heterocycles. The number of amides is 1. The fourth-order valence-electron chi connectivity index (χ4n) is 2.73. The van der Waals surface area contributed by atoms with Gasteiger partial charge in [0.2, 0.25) is 5.91 Å². The first-order valence-electron chi connectivity index (χ1n) is 9.24. The Kier molecular flexibility index (Phi) is 7.91. The molecule has 0 aliphatic rings. The Morgan fingerprint density at radius 1 is 1.14 bits per heavy atom. The molecule has 0 atom stereocenters. The number of anilines is 1. The van der Waals surface area contributed by atoms with Crippen LogP contribution in [0.4, 0.5) is 5.69 Å². The molecule has 29 heavy (non-hydrogen) atoms. The van der Waals surface area contributed by atoms with E-state index in [-0.39, 0.29) is 0 Å². The molecule has 150 valence electrons. The minimum absolute atomic E-state index is 0.445. The van der Waals surface area contributed by atoms with Crippen LogP contribution in [-0.2, 0) is 6.54 Å². The Morgan fingerprint density at radius 2 is 1.86 bits per heavy atom. The second kappa shape index (κ2) is 10.6. The maximum absolute atomic E-state index is 11.8. The zero-order valence-electron chi connectivity index (χ0n) is 17.1. The number of amidine groups is 1. The zero-order chi connectivity index (χ0) is 21.2. The molecular weight excluding hydrogens is 362 g/mol. The van der Waals surface area contributed by atoms with Gasteiger partial charge in [-0.05, 0) is 44.3 Å². The van der Waals surface area contributed by atoms with Crippen LogP contribution >= 0.6 is 0 Å². The van der Waals surface area contributed by atoms with Crippen molar-refractivity contribution in [2.24, 2.45) is 15.7 Å². The van der Waals surface area contributed by atoms with E-state index in [4.69, 9.17) is 5.73 Å². The fraction of sp³-hybridized carbons (Fsp3) is 0.174. The number of nitrogens with one attached hydrogen (secondary N) is 2. The van der Waals surface area contributed by atoms with Crippen LogP contribution in [0.2, 0.25) is 0 Å². The molecule has 1 amide bonds. The van der Waals surface area contributed by atoms with E-state index in [0.717, 1.165) is 28.2 Å². The average molecular weight is 390 g/mol. The van der Waals surface area contributed by atoms with E-state index < -0.39 is 5.91 Å². The van der Waals surface area contributed by atoms with Crippen molar-refractivity contribution in [3.8, 4) is 0 Å². The topological polar surface area (TPSA) is 91.9 Å². The molecule has 0 bridgehead atoms. The van der Waals surface area contributed by atoms with Crippen molar-refractivity contribution in [1.29, 1.82) is 0 Å². The summed E-state index contributed by atoms with van der Waals surface area (Å²) in [5.74, 6) is 0.167. The van der Waals surface area contributed by atoms with Crippen LogP contribution in [0.5, 0.6) is 0 Å². The molecule has 0 radical (unpaired) electrons. The molecule has 0 unspecified atom stereocenters. The maximum atomic E-state index is 11.8. The number of nitrogens with two attached hydrogens (primary N) is 1. The highest BCUT2D eigenvalue weighted by molar-refractivity contribution is 6.00. The Morgan fingerprint density at radius 3 is 2.48 bits per heavy atom. The molecule has 6 nitrogen and oxygen atoms in total. The number of carbonyl (C=O) groups is 1. The molecular formula is C23H27N5O. The standard InChI is InChI=1S/C23H27N5O/c1-16(25-3)14-22(27-15-18-9-6-5-7-10-18)28-17(2)13-20-19(23(24)29)11-8-12-21(20)26-4/h5-14,26H,3,15H2,1-2,4H3,(H2,24,29)(H,27,28)/b16-14-,17-13-. The van der Waals surface area contributed by atoms with Crippen molar-refractivity contribution in [2.75, 3.05) is 12.4 Å². The summed E-state index contributed by atoms with van der Waals surface area (Å²) in [7, 11) is 1.80. The molecule has 0 aliphatic carbocycles. The summed E-state index contributed by atoms with van der Waals surface area (Å²) in [5.41, 5.74) is 10.2. The molecule has 2 aromatic carbocycles. The summed E-state index contributed by atoms with van der Waals surface area (Å²) in [4.78, 5) is 20.4. The van der Waals surface area contributed by atoms with Crippen molar-refractivity contribution >= 4 is 30.2 Å². The number of nitrogens with zero attached hydrogens (tertiary/aromatic N) is 2. The van der Waals surface area contributed by atoms with Gasteiger partial charge in [0.05, 0.1) is 6.54 Å². The number of primary amides is 1. The fourth-order valence-corrected chi connectivity index (χ4v) is 2.73. The number of allylic oxidation sites excluding steroid dienone is 2. The summed E-state index contributed by atoms with van der Waals surface area (Å²) in [6, 6.07) is 15.4. The molecule has 0 aromatic heterocycles. The second-order valence-electron chi connectivity index (χ2n) is 6.46. The van der Waals surface area contributed by atoms with E-state index >= 15 is 0 Å². The quantitative estimate of drug-likeness (QED) is 0.471. The number of hydrogen-bond donors (Lipinski definition) is 3. The summed E-state index contributed by atoms with van der Waals surface area (Å²) in [5, 5.41) is 6.38. The van der Waals surface area contributed by atoms with Crippen LogP contribution in [0.15, 0.2) is 76.0 Å². The van der Waals surface area contributed by atoms with Crippen LogP contribution in [0.3, 0.4) is 0 Å². The van der Waals surface area contributed by atoms with Gasteiger partial charge in [-0.15, -0.1) is 0 Å². The number of hydrogen-bond acceptors (Lipinski definition) is 4. The minimum Gasteiger partial charge on any atom is -0.388 e. The first-order valence-corrected chi connectivity index (χ1v) is 9.24. The van der Waals surface area contributed by atoms with Gasteiger partial charge >= 0.3 is 0 Å². The van der Waals surface area contributed by atoms with Crippen LogP contribution in [0.25, 0.3) is 6.08 Å². The van der Waals surface area contributed by atoms with Crippen LogP contribution < -0.4 is 16.4 Å². The van der Waals surface area contributed by atoms with Crippen LogP contribution in [0.1, 0.15) is 35.3 Å². The number of carbonyl (C=O) groups excluding carboxylic acids is 1. The molecule has 0 saturated carbocycles. The molecule has 6 heteroatoms. The maximum Gasteiger partial charge on any atom is 0.249 e. The lowest BCUT2D eigenvalue weighted by Gasteiger charge is -2.12. The Hall–Kier alpha value is -3.67. The molecule has 2 aromatic rings. The van der Waals surface area contributed by atoms with Gasteiger partial charge in [0.25, 0.3) is 0 Å². The van der Waals surface area contributed by atoms with Crippen LogP contribution in [-0.4, -0.2) is 25.5 Å². The molecule has 0 fully saturated rings. The van der Waals surface area contributed by atoms with E-state index in [0.29, 0.717) is 17.9 Å². The van der Waals surface area contributed by atoms with Gasteiger partial charge in [-0.2, -0.15) is 0 Å². The Balaban J connectivity index is 2.36. The SMILES string of the molecule is C=N/C(C)=C\C(=NCc1ccccc1)N/C(C)=C\c1c(NC)cccc1C(N)=O. The highest BCUT2D eigenvalue weighted by atomic mass is 16.1. The molecule has 0 spiro atoms. The lowest BCUT2D eigenvalue weighted by atomic mass is 10.0. The van der Waals surface area contributed by atoms with E-state index in [9.17, 15) is 4.79 Å². The Labute approximate surface area is 172 Å². The predicted octanol–water partition coefficient (Wildman–Crippen LogP) is 3.98. The van der Waals surface area contributed by atoms with Gasteiger partial charge in [-0.3, -0.25) is 14.8 Å². The average Bonchev–Trinajstić information content (AvgIpc) is 2.72. The van der Waals surface area contributed by atoms with Crippen molar-refractivity contribution in [2.45, 2.75) is 20.4 Å². The van der Waals surface area contributed by atoms with Gasteiger partial charge in [-0.1, -0.05) is 36.4 Å². The molecule has 2 rings (SSSR count). The lowest BCUT2D eigenvalue weighted by molar-refractivity contribution is 0.1000. The molecule has 0 heterocycles. The predicted molar refractivity (Wildman–Crippen MR) is 122 cm³/mol. The normalized spacial score (nSPS) is 12.4. The summed E-state index contributed by atoms with van der Waals surface area (Å²) >= 11 is 0. The van der Waals surface area contributed by atoms with Gasteiger partial charge in [0.15, 0.2) is 0 Å². The van der Waals surface area contributed by atoms with Crippen LogP contribution in [0, 0.1) is 0 Å². The van der Waals surface area contributed by atoms with Gasteiger partial charge in [0, 0.05) is 41.3 Å². The van der Waals surface area contributed by atoms with Gasteiger partial charge in [0.1, 0.15) is 5.84 Å². The molecule has 0 aliphatic heterocycles. The first kappa shape index (κ1) is 21.6. The minimum atomic E-state index is -0.481. The van der Waals surface area contributed by atoms with E-state index in [1.54, 1.807) is 19.2 Å². The highest BCUT2D eigenvalue weighted by Gasteiger charge is 2.10. The summed E-state index contributed by atoms with van der Waals surface area (Å²) < 4.78 is 0.